The van der Waals surface area contributed by atoms with Crippen molar-refractivity contribution in [1.82, 2.24) is 0 Å². The molecule has 1 heteroatoms. The van der Waals surface area contributed by atoms with Gasteiger partial charge in [-0.2, -0.15) is 0 Å². The molecule has 0 amide bonds. The van der Waals surface area contributed by atoms with Crippen LogP contribution in [0.1, 0.15) is 13.8 Å². The van der Waals surface area contributed by atoms with Gasteiger partial charge in [0.15, 0.2) is 0 Å². The van der Waals surface area contributed by atoms with Gasteiger partial charge in [0.05, 0.1) is 5.76 Å². The fraction of sp³-hybridized carbons (Fsp3) is 0.250. The van der Waals surface area contributed by atoms with Crippen molar-refractivity contribution in [3.05, 3.63) is 36.8 Å². The highest BCUT2D eigenvalue weighted by molar-refractivity contribution is 5.09. The topological polar surface area (TPSA) is 9.23 Å². The molecule has 0 aromatic carbocycles. The first-order chi connectivity index (χ1) is 4.20. The zero-order valence-electron chi connectivity index (χ0n) is 5.98. The Morgan fingerprint density at radius 2 is 2.11 bits per heavy atom. The molecule has 0 aliphatic carbocycles. The normalized spacial score (nSPS) is 10.7. The first-order valence-corrected chi connectivity index (χ1v) is 2.82. The maximum Gasteiger partial charge on any atom is 0.122 e. The van der Waals surface area contributed by atoms with E-state index in [1.54, 1.807) is 13.0 Å². The maximum atomic E-state index is 5.10. The van der Waals surface area contributed by atoms with E-state index in [-0.39, 0.29) is 0 Å². The largest absolute Gasteiger partial charge is 0.463 e. The van der Waals surface area contributed by atoms with E-state index in [2.05, 4.69) is 13.2 Å². The summed E-state index contributed by atoms with van der Waals surface area (Å²) in [4.78, 5) is 0. The molecule has 0 saturated heterocycles. The third-order valence-corrected chi connectivity index (χ3v) is 0.778. The molecular weight excluding hydrogens is 112 g/mol. The second-order valence-corrected chi connectivity index (χ2v) is 1.70. The van der Waals surface area contributed by atoms with Crippen LogP contribution < -0.4 is 0 Å². The van der Waals surface area contributed by atoms with Crippen LogP contribution in [0, 0.1) is 0 Å². The summed E-state index contributed by atoms with van der Waals surface area (Å²) >= 11 is 0. The number of rotatable bonds is 3. The van der Waals surface area contributed by atoms with Gasteiger partial charge in [-0.1, -0.05) is 13.2 Å². The van der Waals surface area contributed by atoms with Gasteiger partial charge < -0.3 is 4.74 Å². The average Bonchev–Trinajstić information content (AvgIpc) is 1.82. The molecule has 0 aromatic heterocycles. The third-order valence-electron chi connectivity index (χ3n) is 0.778. The van der Waals surface area contributed by atoms with Crippen molar-refractivity contribution in [2.45, 2.75) is 13.8 Å². The quantitative estimate of drug-likeness (QED) is 0.415. The summed E-state index contributed by atoms with van der Waals surface area (Å²) in [5.41, 5.74) is 0. The molecule has 0 fully saturated rings. The highest BCUT2D eigenvalue weighted by Gasteiger charge is 1.87. The second-order valence-electron chi connectivity index (χ2n) is 1.70. The third kappa shape index (κ3) is 3.59. The molecule has 0 aromatic rings. The van der Waals surface area contributed by atoms with Gasteiger partial charge in [0.25, 0.3) is 0 Å². The molecule has 0 N–H and O–H groups in total. The van der Waals surface area contributed by atoms with Crippen molar-refractivity contribution < 1.29 is 4.74 Å². The van der Waals surface area contributed by atoms with Crippen LogP contribution in [0.25, 0.3) is 0 Å². The van der Waals surface area contributed by atoms with Gasteiger partial charge in [-0.25, -0.2) is 0 Å². The van der Waals surface area contributed by atoms with E-state index in [1.165, 1.54) is 0 Å². The lowest BCUT2D eigenvalue weighted by atomic mass is 10.4. The van der Waals surface area contributed by atoms with Gasteiger partial charge in [-0.15, -0.1) is 0 Å². The van der Waals surface area contributed by atoms with Crippen molar-refractivity contribution >= 4 is 0 Å². The lowest BCUT2D eigenvalue weighted by Gasteiger charge is -2.02. The highest BCUT2D eigenvalue weighted by atomic mass is 16.5. The smallest absolute Gasteiger partial charge is 0.122 e. The first-order valence-electron chi connectivity index (χ1n) is 2.82. The Labute approximate surface area is 56.3 Å². The van der Waals surface area contributed by atoms with Gasteiger partial charge in [-0.3, -0.25) is 0 Å². The number of allylic oxidation sites excluding steroid dienone is 3. The van der Waals surface area contributed by atoms with Crippen LogP contribution in [0.3, 0.4) is 0 Å². The van der Waals surface area contributed by atoms with E-state index in [9.17, 15) is 0 Å². The summed E-state index contributed by atoms with van der Waals surface area (Å²) in [5, 5.41) is 0. The Morgan fingerprint density at radius 1 is 1.56 bits per heavy atom. The Balaban J connectivity index is 3.86. The van der Waals surface area contributed by atoms with Gasteiger partial charge in [-0.05, 0) is 26.0 Å². The van der Waals surface area contributed by atoms with Gasteiger partial charge >= 0.3 is 0 Å². The average molecular weight is 124 g/mol. The summed E-state index contributed by atoms with van der Waals surface area (Å²) in [6, 6.07) is 0. The van der Waals surface area contributed by atoms with Crippen molar-refractivity contribution in [2.24, 2.45) is 0 Å². The molecule has 0 rings (SSSR count). The predicted molar refractivity (Wildman–Crippen MR) is 39.9 cm³/mol. The number of hydrogen-bond donors (Lipinski definition) is 0. The summed E-state index contributed by atoms with van der Waals surface area (Å²) in [7, 11) is 0. The Bertz CT molecular complexity index is 143. The van der Waals surface area contributed by atoms with E-state index in [1.807, 2.05) is 13.0 Å². The molecule has 0 radical (unpaired) electrons. The van der Waals surface area contributed by atoms with Crippen LogP contribution in [0.5, 0.6) is 0 Å². The van der Waals surface area contributed by atoms with Crippen molar-refractivity contribution in [3.8, 4) is 0 Å². The van der Waals surface area contributed by atoms with E-state index in [0.717, 1.165) is 5.76 Å². The molecule has 0 aliphatic heterocycles. The standard InChI is InChI=1S/C8H12O/c1-5-8(6-2)9-7(3)4/h5-6H,1,3H2,2,4H3/b8-6+. The molecule has 9 heavy (non-hydrogen) atoms. The fourth-order valence-corrected chi connectivity index (χ4v) is 0.420. The van der Waals surface area contributed by atoms with Crippen LogP contribution in [0.2, 0.25) is 0 Å². The number of hydrogen-bond acceptors (Lipinski definition) is 1. The zero-order valence-corrected chi connectivity index (χ0v) is 5.98. The van der Waals surface area contributed by atoms with Crippen molar-refractivity contribution in [3.63, 3.8) is 0 Å². The van der Waals surface area contributed by atoms with Crippen molar-refractivity contribution in [2.75, 3.05) is 0 Å². The fourth-order valence-electron chi connectivity index (χ4n) is 0.420. The Kier molecular flexibility index (Phi) is 3.52. The van der Waals surface area contributed by atoms with Gasteiger partial charge in [0, 0.05) is 0 Å². The zero-order chi connectivity index (χ0) is 7.28. The summed E-state index contributed by atoms with van der Waals surface area (Å²) in [6.07, 6.45) is 3.48. The minimum atomic E-state index is 0.683. The van der Waals surface area contributed by atoms with Crippen LogP contribution in [-0.4, -0.2) is 0 Å². The molecule has 0 aliphatic rings. The lowest BCUT2D eigenvalue weighted by molar-refractivity contribution is 0.324. The van der Waals surface area contributed by atoms with Crippen LogP contribution in [-0.2, 0) is 4.74 Å². The molecule has 0 unspecified atom stereocenters. The minimum absolute atomic E-state index is 0.683. The predicted octanol–water partition coefficient (Wildman–Crippen LogP) is 2.63. The molecule has 50 valence electrons. The lowest BCUT2D eigenvalue weighted by Crippen LogP contribution is -1.83. The molecule has 0 bridgehead atoms. The summed E-state index contributed by atoms with van der Waals surface area (Å²) in [5.74, 6) is 1.44. The van der Waals surface area contributed by atoms with Gasteiger partial charge in [0.2, 0.25) is 0 Å². The minimum Gasteiger partial charge on any atom is -0.463 e. The van der Waals surface area contributed by atoms with Gasteiger partial charge in [0.1, 0.15) is 5.76 Å². The molecule has 0 heterocycles. The van der Waals surface area contributed by atoms with Crippen LogP contribution >= 0.6 is 0 Å². The van der Waals surface area contributed by atoms with Crippen LogP contribution in [0.15, 0.2) is 36.8 Å². The summed E-state index contributed by atoms with van der Waals surface area (Å²) < 4.78 is 5.10. The maximum absolute atomic E-state index is 5.10. The molecule has 0 atom stereocenters. The van der Waals surface area contributed by atoms with Crippen LogP contribution in [0.4, 0.5) is 0 Å². The van der Waals surface area contributed by atoms with E-state index < -0.39 is 0 Å². The SMILES string of the molecule is C=C/C(=C\C)OC(=C)C. The molecule has 0 saturated carbocycles. The highest BCUT2D eigenvalue weighted by Crippen LogP contribution is 2.03. The molecular formula is C8H12O. The number of ether oxygens (including phenoxy) is 1. The first kappa shape index (κ1) is 8.02. The van der Waals surface area contributed by atoms with E-state index >= 15 is 0 Å². The van der Waals surface area contributed by atoms with Crippen molar-refractivity contribution in [1.29, 1.82) is 0 Å². The Morgan fingerprint density at radius 3 is 2.22 bits per heavy atom. The molecule has 0 spiro atoms. The monoisotopic (exact) mass is 124 g/mol. The molecule has 1 nitrogen and oxygen atoms in total. The summed E-state index contributed by atoms with van der Waals surface area (Å²) in [6.45, 7) is 10.8. The van der Waals surface area contributed by atoms with E-state index in [4.69, 9.17) is 4.74 Å². The van der Waals surface area contributed by atoms with E-state index in [0.29, 0.717) is 5.76 Å². The Hall–Kier alpha value is -0.980. The second kappa shape index (κ2) is 3.96.